The van der Waals surface area contributed by atoms with Crippen molar-refractivity contribution in [3.63, 3.8) is 0 Å². The number of rotatable bonds is 2. The lowest BCUT2D eigenvalue weighted by Crippen LogP contribution is -2.07. The van der Waals surface area contributed by atoms with Gasteiger partial charge in [-0.2, -0.15) is 0 Å². The van der Waals surface area contributed by atoms with Gasteiger partial charge in [-0.1, -0.05) is 6.42 Å². The number of carboxylic acid groups (broad SMARTS) is 1. The van der Waals surface area contributed by atoms with Gasteiger partial charge in [-0.05, 0) is 31.1 Å². The van der Waals surface area contributed by atoms with Crippen LogP contribution in [0.15, 0.2) is 6.20 Å². The van der Waals surface area contributed by atoms with Gasteiger partial charge in [0.15, 0.2) is 0 Å². The Hall–Kier alpha value is -0.900. The van der Waals surface area contributed by atoms with Crippen LogP contribution in [0.2, 0.25) is 0 Å². The summed E-state index contributed by atoms with van der Waals surface area (Å²) in [5, 5.41) is 9.90. The topological polar surface area (TPSA) is 50.2 Å². The minimum Gasteiger partial charge on any atom is -0.477 e. The molecule has 2 aliphatic rings. The Morgan fingerprint density at radius 3 is 2.87 bits per heavy atom. The molecule has 80 valence electrons. The number of fused-ring (bicyclic) bond motifs is 2. The van der Waals surface area contributed by atoms with Crippen molar-refractivity contribution < 1.29 is 9.90 Å². The van der Waals surface area contributed by atoms with Crippen molar-refractivity contribution in [3.05, 3.63) is 16.1 Å². The quantitative estimate of drug-likeness (QED) is 0.838. The van der Waals surface area contributed by atoms with Crippen LogP contribution < -0.4 is 0 Å². The predicted molar refractivity (Wildman–Crippen MR) is 57.3 cm³/mol. The van der Waals surface area contributed by atoms with Crippen LogP contribution in [-0.2, 0) is 0 Å². The summed E-state index contributed by atoms with van der Waals surface area (Å²) >= 11 is 1.37. The second-order valence-electron chi connectivity index (χ2n) is 4.65. The zero-order chi connectivity index (χ0) is 10.4. The summed E-state index contributed by atoms with van der Waals surface area (Å²) in [5.41, 5.74) is 0. The summed E-state index contributed by atoms with van der Waals surface area (Å²) in [6.07, 6.45) is 6.77. The smallest absolute Gasteiger partial charge is 0.347 e. The summed E-state index contributed by atoms with van der Waals surface area (Å²) in [6, 6.07) is 0. The molecule has 2 aliphatic carbocycles. The predicted octanol–water partition coefficient (Wildman–Crippen LogP) is 2.74. The lowest BCUT2D eigenvalue weighted by Gasteiger charge is -2.18. The lowest BCUT2D eigenvalue weighted by molar-refractivity contribution is 0.0702. The van der Waals surface area contributed by atoms with Crippen LogP contribution in [0.4, 0.5) is 0 Å². The zero-order valence-electron chi connectivity index (χ0n) is 8.35. The first kappa shape index (κ1) is 9.33. The zero-order valence-corrected chi connectivity index (χ0v) is 9.17. The molecule has 2 fully saturated rings. The van der Waals surface area contributed by atoms with E-state index in [1.54, 1.807) is 0 Å². The monoisotopic (exact) mass is 223 g/mol. The van der Waals surface area contributed by atoms with Crippen LogP contribution in [-0.4, -0.2) is 16.1 Å². The normalized spacial score (nSPS) is 33.5. The molecule has 1 N–H and O–H groups in total. The van der Waals surface area contributed by atoms with Crippen molar-refractivity contribution in [2.45, 2.75) is 31.6 Å². The van der Waals surface area contributed by atoms with Gasteiger partial charge in [0.2, 0.25) is 0 Å². The van der Waals surface area contributed by atoms with Gasteiger partial charge in [-0.3, -0.25) is 0 Å². The van der Waals surface area contributed by atoms with Crippen LogP contribution in [0.25, 0.3) is 0 Å². The minimum absolute atomic E-state index is 0.382. The molecule has 0 amide bonds. The molecule has 0 aliphatic heterocycles. The summed E-state index contributed by atoms with van der Waals surface area (Å²) in [7, 11) is 0. The third kappa shape index (κ3) is 1.47. The van der Waals surface area contributed by atoms with Crippen LogP contribution in [0, 0.1) is 11.8 Å². The van der Waals surface area contributed by atoms with E-state index in [4.69, 9.17) is 5.11 Å². The summed E-state index contributed by atoms with van der Waals surface area (Å²) in [4.78, 5) is 15.4. The molecule has 4 heteroatoms. The third-order valence-electron chi connectivity index (χ3n) is 3.79. The molecule has 1 aromatic heterocycles. The van der Waals surface area contributed by atoms with Gasteiger partial charge in [0.05, 0.1) is 11.2 Å². The molecular formula is C11H13NO2S. The molecule has 3 unspecified atom stereocenters. The molecule has 0 radical (unpaired) electrons. The van der Waals surface area contributed by atoms with Gasteiger partial charge in [0, 0.05) is 5.92 Å². The molecule has 1 heterocycles. The van der Waals surface area contributed by atoms with E-state index in [-0.39, 0.29) is 0 Å². The number of hydrogen-bond donors (Lipinski definition) is 1. The third-order valence-corrected chi connectivity index (χ3v) is 4.91. The average Bonchev–Trinajstić information content (AvgIpc) is 2.93. The molecule has 0 saturated heterocycles. The fourth-order valence-corrected chi connectivity index (χ4v) is 4.07. The first-order chi connectivity index (χ1) is 7.24. The number of aromatic nitrogens is 1. The minimum atomic E-state index is -0.845. The highest BCUT2D eigenvalue weighted by Gasteiger charge is 2.41. The molecule has 0 aromatic carbocycles. The van der Waals surface area contributed by atoms with Gasteiger partial charge in [-0.25, -0.2) is 9.78 Å². The Bertz CT molecular complexity index is 401. The van der Waals surface area contributed by atoms with Crippen molar-refractivity contribution in [1.29, 1.82) is 0 Å². The Kier molecular flexibility index (Phi) is 2.06. The first-order valence-electron chi connectivity index (χ1n) is 5.43. The molecule has 3 nitrogen and oxygen atoms in total. The maximum absolute atomic E-state index is 10.8. The molecule has 2 saturated carbocycles. The Labute approximate surface area is 92.2 Å². The summed E-state index contributed by atoms with van der Waals surface area (Å²) < 4.78 is 0. The van der Waals surface area contributed by atoms with Crippen molar-refractivity contribution in [1.82, 2.24) is 4.98 Å². The molecule has 3 atom stereocenters. The van der Waals surface area contributed by atoms with Gasteiger partial charge < -0.3 is 5.11 Å². The maximum Gasteiger partial charge on any atom is 0.347 e. The molecule has 0 spiro atoms. The highest BCUT2D eigenvalue weighted by Crippen LogP contribution is 2.53. The van der Waals surface area contributed by atoms with Crippen molar-refractivity contribution >= 4 is 17.3 Å². The molecule has 1 aromatic rings. The standard InChI is InChI=1S/C11H13NO2S/c13-11(14)9-5-12-10(15-9)8-4-6-1-2-7(8)3-6/h5-8H,1-4H2,(H,13,14). The Balaban J connectivity index is 1.84. The van der Waals surface area contributed by atoms with E-state index in [2.05, 4.69) is 4.98 Å². The fourth-order valence-electron chi connectivity index (χ4n) is 3.11. The second kappa shape index (κ2) is 3.30. The number of nitrogens with zero attached hydrogens (tertiary/aromatic N) is 1. The van der Waals surface area contributed by atoms with Crippen molar-refractivity contribution in [2.24, 2.45) is 11.8 Å². The maximum atomic E-state index is 10.8. The van der Waals surface area contributed by atoms with E-state index < -0.39 is 5.97 Å². The number of thiazole rings is 1. The van der Waals surface area contributed by atoms with Crippen LogP contribution >= 0.6 is 11.3 Å². The SMILES string of the molecule is O=C(O)c1cnc(C2CC3CCC2C3)s1. The van der Waals surface area contributed by atoms with E-state index in [1.807, 2.05) is 0 Å². The summed E-state index contributed by atoms with van der Waals surface area (Å²) in [6.45, 7) is 0. The van der Waals surface area contributed by atoms with E-state index in [9.17, 15) is 4.79 Å². The molecule has 3 rings (SSSR count). The Morgan fingerprint density at radius 1 is 1.47 bits per heavy atom. The van der Waals surface area contributed by atoms with Gasteiger partial charge in [0.1, 0.15) is 4.88 Å². The Morgan fingerprint density at radius 2 is 2.33 bits per heavy atom. The number of carbonyl (C=O) groups is 1. The van der Waals surface area contributed by atoms with Crippen LogP contribution in [0.5, 0.6) is 0 Å². The molecule has 15 heavy (non-hydrogen) atoms. The average molecular weight is 223 g/mol. The van der Waals surface area contributed by atoms with Crippen LogP contribution in [0.3, 0.4) is 0 Å². The lowest BCUT2D eigenvalue weighted by atomic mass is 9.89. The highest BCUT2D eigenvalue weighted by atomic mass is 32.1. The van der Waals surface area contributed by atoms with Crippen LogP contribution in [0.1, 0.15) is 46.3 Å². The van der Waals surface area contributed by atoms with E-state index in [1.165, 1.54) is 43.2 Å². The molecule has 2 bridgehead atoms. The van der Waals surface area contributed by atoms with Gasteiger partial charge >= 0.3 is 5.97 Å². The van der Waals surface area contributed by atoms with Crippen molar-refractivity contribution in [2.75, 3.05) is 0 Å². The number of hydrogen-bond acceptors (Lipinski definition) is 3. The van der Waals surface area contributed by atoms with Gasteiger partial charge in [0.25, 0.3) is 0 Å². The van der Waals surface area contributed by atoms with Crippen molar-refractivity contribution in [3.8, 4) is 0 Å². The largest absolute Gasteiger partial charge is 0.477 e. The summed E-state index contributed by atoms with van der Waals surface area (Å²) in [5.74, 6) is 1.38. The van der Waals surface area contributed by atoms with E-state index in [0.717, 1.165) is 16.8 Å². The molecular weight excluding hydrogens is 210 g/mol. The van der Waals surface area contributed by atoms with E-state index >= 15 is 0 Å². The first-order valence-corrected chi connectivity index (χ1v) is 6.24. The fraction of sp³-hybridized carbons (Fsp3) is 0.636. The highest BCUT2D eigenvalue weighted by molar-refractivity contribution is 7.13. The van der Waals surface area contributed by atoms with Gasteiger partial charge in [-0.15, -0.1) is 11.3 Å². The number of carboxylic acids is 1. The number of aromatic carboxylic acids is 1. The van der Waals surface area contributed by atoms with E-state index in [0.29, 0.717) is 10.8 Å². The second-order valence-corrected chi connectivity index (χ2v) is 5.71.